The van der Waals surface area contributed by atoms with Crippen LogP contribution >= 0.6 is 15.9 Å². The number of aromatic nitrogens is 5. The molecule has 1 saturated carbocycles. The first kappa shape index (κ1) is 36.1. The van der Waals surface area contributed by atoms with Crippen LogP contribution in [-0.4, -0.2) is 79.1 Å². The van der Waals surface area contributed by atoms with Gasteiger partial charge >= 0.3 is 0 Å². The van der Waals surface area contributed by atoms with E-state index in [1.165, 1.54) is 6.92 Å². The number of ketones is 1. The molecule has 4 heterocycles. The molecule has 6 rings (SSSR count). The van der Waals surface area contributed by atoms with Gasteiger partial charge in [0.25, 0.3) is 0 Å². The molecular formula is C38H42BrN7O5. The SMILES string of the molecule is C=CCCCCOc1cc2c(cc1-c1cnc(C)nc1)c(C(C)=O)nn2CC(=O)N1[C@H](C(=O)Nc2nc(Br)ccc2C)C[C@@]2(COCC=C)C[C@@H]12. The van der Waals surface area contributed by atoms with Gasteiger partial charge < -0.3 is 19.7 Å². The number of pyridine rings is 1. The van der Waals surface area contributed by atoms with E-state index in [1.807, 2.05) is 38.1 Å². The Morgan fingerprint density at radius 3 is 2.61 bits per heavy atom. The summed E-state index contributed by atoms with van der Waals surface area (Å²) in [7, 11) is 0. The molecule has 51 heavy (non-hydrogen) atoms. The van der Waals surface area contributed by atoms with E-state index in [4.69, 9.17) is 9.47 Å². The number of likely N-dealkylation sites (tertiary alicyclic amines) is 1. The molecule has 12 nitrogen and oxygen atoms in total. The third-order valence-electron chi connectivity index (χ3n) is 9.56. The molecule has 13 heteroatoms. The van der Waals surface area contributed by atoms with Gasteiger partial charge in [0.2, 0.25) is 11.8 Å². The predicted molar refractivity (Wildman–Crippen MR) is 197 cm³/mol. The molecule has 2 fully saturated rings. The second-order valence-electron chi connectivity index (χ2n) is 13.3. The van der Waals surface area contributed by atoms with Crippen LogP contribution in [0.2, 0.25) is 0 Å². The topological polar surface area (TPSA) is 141 Å². The van der Waals surface area contributed by atoms with E-state index in [1.54, 1.807) is 34.1 Å². The molecule has 0 spiro atoms. The second-order valence-corrected chi connectivity index (χ2v) is 14.1. The molecular weight excluding hydrogens is 714 g/mol. The van der Waals surface area contributed by atoms with Crippen LogP contribution in [0.1, 0.15) is 60.9 Å². The standard InChI is InChI=1S/C38H42BrN7O5/c1-6-8-9-10-14-51-31-16-29-28(15-27(31)26-19-40-25(5)41-20-26)35(24(4)47)44-45(29)21-34(48)46-30(17-38(18-32(38)46)22-50-13-7-2)37(49)43-36-23(3)11-12-33(39)42-36/h6-7,11-12,15-16,19-20,30,32H,1-2,8-10,13-14,17-18,21-22H2,3-5H3,(H,42,43,49)/t30-,32+,38-/m0/s1. The molecule has 1 aliphatic heterocycles. The molecule has 0 radical (unpaired) electrons. The van der Waals surface area contributed by atoms with E-state index in [-0.39, 0.29) is 41.3 Å². The Bertz CT molecular complexity index is 1990. The van der Waals surface area contributed by atoms with Crippen LogP contribution in [0.5, 0.6) is 5.75 Å². The molecule has 1 aliphatic carbocycles. The summed E-state index contributed by atoms with van der Waals surface area (Å²) in [5, 5.41) is 8.19. The summed E-state index contributed by atoms with van der Waals surface area (Å²) in [6.45, 7) is 13.7. The largest absolute Gasteiger partial charge is 0.493 e. The van der Waals surface area contributed by atoms with Gasteiger partial charge in [-0.05, 0) is 79.6 Å². The number of anilines is 1. The normalized spacial score (nSPS) is 19.1. The first-order valence-corrected chi connectivity index (χ1v) is 17.9. The summed E-state index contributed by atoms with van der Waals surface area (Å²) in [5.41, 5.74) is 2.70. The van der Waals surface area contributed by atoms with Gasteiger partial charge in [-0.1, -0.05) is 18.2 Å². The zero-order valence-corrected chi connectivity index (χ0v) is 30.7. The van der Waals surface area contributed by atoms with Crippen molar-refractivity contribution < 1.29 is 23.9 Å². The number of ether oxygens (including phenoxy) is 2. The zero-order chi connectivity index (χ0) is 36.3. The lowest BCUT2D eigenvalue weighted by Gasteiger charge is -2.27. The third-order valence-corrected chi connectivity index (χ3v) is 10.0. The minimum absolute atomic E-state index is 0.182. The lowest BCUT2D eigenvalue weighted by atomic mass is 10.00. The highest BCUT2D eigenvalue weighted by atomic mass is 79.9. The van der Waals surface area contributed by atoms with Gasteiger partial charge in [-0.15, -0.1) is 13.2 Å². The van der Waals surface area contributed by atoms with Crippen LogP contribution in [0.3, 0.4) is 0 Å². The van der Waals surface area contributed by atoms with Crippen molar-refractivity contribution in [3.8, 4) is 16.9 Å². The number of Topliss-reactive ketones (excluding diaryl/α,β-unsaturated/α-hetero) is 1. The van der Waals surface area contributed by atoms with E-state index < -0.39 is 6.04 Å². The first-order chi connectivity index (χ1) is 24.5. The highest BCUT2D eigenvalue weighted by Crippen LogP contribution is 2.60. The molecule has 0 bridgehead atoms. The molecule has 1 N–H and O–H groups in total. The monoisotopic (exact) mass is 755 g/mol. The number of benzene rings is 1. The third kappa shape index (κ3) is 7.64. The molecule has 1 aromatic carbocycles. The van der Waals surface area contributed by atoms with Gasteiger partial charge in [0.15, 0.2) is 5.78 Å². The predicted octanol–water partition coefficient (Wildman–Crippen LogP) is 6.41. The average Bonchev–Trinajstić information content (AvgIpc) is 3.53. The maximum atomic E-state index is 14.4. The number of piperidine rings is 1. The van der Waals surface area contributed by atoms with Crippen molar-refractivity contribution in [2.24, 2.45) is 5.41 Å². The molecule has 3 aromatic heterocycles. The maximum Gasteiger partial charge on any atom is 0.248 e. The minimum Gasteiger partial charge on any atom is -0.493 e. The Balaban J connectivity index is 1.34. The van der Waals surface area contributed by atoms with E-state index in [9.17, 15) is 14.4 Å². The highest BCUT2D eigenvalue weighted by Gasteiger charge is 2.67. The maximum absolute atomic E-state index is 14.4. The Hall–Kier alpha value is -4.75. The molecule has 4 aromatic rings. The Labute approximate surface area is 305 Å². The van der Waals surface area contributed by atoms with E-state index in [0.29, 0.717) is 59.1 Å². The molecule has 1 saturated heterocycles. The van der Waals surface area contributed by atoms with E-state index in [0.717, 1.165) is 42.4 Å². The van der Waals surface area contributed by atoms with Gasteiger partial charge in [0.1, 0.15) is 40.3 Å². The number of allylic oxidation sites excluding steroid dienone is 1. The van der Waals surface area contributed by atoms with Gasteiger partial charge in [-0.25, -0.2) is 15.0 Å². The zero-order valence-electron chi connectivity index (χ0n) is 29.2. The number of halogens is 1. The van der Waals surface area contributed by atoms with Crippen LogP contribution < -0.4 is 10.1 Å². The van der Waals surface area contributed by atoms with Gasteiger partial charge in [-0.3, -0.25) is 19.1 Å². The van der Waals surface area contributed by atoms with Crippen LogP contribution in [-0.2, 0) is 20.9 Å². The van der Waals surface area contributed by atoms with Crippen LogP contribution in [0.4, 0.5) is 5.82 Å². The minimum atomic E-state index is -0.750. The summed E-state index contributed by atoms with van der Waals surface area (Å²) in [5.74, 6) is 0.768. The average molecular weight is 757 g/mol. The number of fused-ring (bicyclic) bond motifs is 2. The summed E-state index contributed by atoms with van der Waals surface area (Å²) in [6.07, 6.45) is 10.8. The number of nitrogens with zero attached hydrogens (tertiary/aromatic N) is 6. The van der Waals surface area contributed by atoms with E-state index >= 15 is 0 Å². The lowest BCUT2D eigenvalue weighted by Crippen LogP contribution is -2.47. The smallest absolute Gasteiger partial charge is 0.248 e. The number of hydrogen-bond acceptors (Lipinski definition) is 9. The van der Waals surface area contributed by atoms with Gasteiger partial charge in [0.05, 0.1) is 25.3 Å². The summed E-state index contributed by atoms with van der Waals surface area (Å²) in [6, 6.07) is 6.41. The van der Waals surface area contributed by atoms with Crippen LogP contribution in [0, 0.1) is 19.3 Å². The fourth-order valence-electron chi connectivity index (χ4n) is 6.84. The quantitative estimate of drug-likeness (QED) is 0.0595. The summed E-state index contributed by atoms with van der Waals surface area (Å²) < 4.78 is 14.3. The van der Waals surface area contributed by atoms with Crippen molar-refractivity contribution in [3.63, 3.8) is 0 Å². The van der Waals surface area contributed by atoms with Gasteiger partial charge in [-0.2, -0.15) is 5.10 Å². The number of hydrogen-bond donors (Lipinski definition) is 1. The number of carbonyl (C=O) groups is 3. The number of carbonyl (C=O) groups excluding carboxylic acids is 3. The van der Waals surface area contributed by atoms with Crippen molar-refractivity contribution in [2.45, 2.75) is 71.5 Å². The number of unbranched alkanes of at least 4 members (excludes halogenated alkanes) is 2. The molecule has 266 valence electrons. The lowest BCUT2D eigenvalue weighted by molar-refractivity contribution is -0.138. The fraction of sp³-hybridized carbons (Fsp3) is 0.395. The summed E-state index contributed by atoms with van der Waals surface area (Å²) >= 11 is 3.38. The second kappa shape index (κ2) is 15.2. The van der Waals surface area contributed by atoms with Crippen molar-refractivity contribution in [1.82, 2.24) is 29.6 Å². The fourth-order valence-corrected chi connectivity index (χ4v) is 7.15. The number of nitrogens with one attached hydrogen (secondary N) is 1. The van der Waals surface area contributed by atoms with E-state index in [2.05, 4.69) is 54.5 Å². The van der Waals surface area contributed by atoms with Crippen LogP contribution in [0.15, 0.2) is 66.6 Å². The van der Waals surface area contributed by atoms with Crippen molar-refractivity contribution in [3.05, 3.63) is 83.7 Å². The van der Waals surface area contributed by atoms with Crippen molar-refractivity contribution >= 4 is 50.2 Å². The Morgan fingerprint density at radius 1 is 1.10 bits per heavy atom. The molecule has 0 unspecified atom stereocenters. The number of aryl methyl sites for hydroxylation is 2. The van der Waals surface area contributed by atoms with Crippen molar-refractivity contribution in [1.29, 1.82) is 0 Å². The first-order valence-electron chi connectivity index (χ1n) is 17.1. The van der Waals surface area contributed by atoms with Gasteiger partial charge in [0, 0.05) is 53.4 Å². The molecule has 2 amide bonds. The van der Waals surface area contributed by atoms with Crippen LogP contribution in [0.25, 0.3) is 22.0 Å². The molecule has 3 atom stereocenters. The summed E-state index contributed by atoms with van der Waals surface area (Å²) in [4.78, 5) is 56.0. The molecule has 2 aliphatic rings. The number of rotatable bonds is 16. The van der Waals surface area contributed by atoms with Crippen molar-refractivity contribution in [2.75, 3.05) is 25.1 Å². The number of amides is 2. The Morgan fingerprint density at radius 2 is 1.88 bits per heavy atom. The Kier molecular flexibility index (Phi) is 10.8. The highest BCUT2D eigenvalue weighted by molar-refractivity contribution is 9.10.